The van der Waals surface area contributed by atoms with Crippen molar-refractivity contribution >= 4 is 29.5 Å². The van der Waals surface area contributed by atoms with E-state index in [0.717, 1.165) is 49.2 Å². The molecule has 172 valence electrons. The van der Waals surface area contributed by atoms with Gasteiger partial charge in [-0.1, -0.05) is 12.8 Å². The zero-order valence-electron chi connectivity index (χ0n) is 19.1. The Morgan fingerprint density at radius 1 is 1.03 bits per heavy atom. The molecule has 6 rings (SSSR count). The van der Waals surface area contributed by atoms with Crippen LogP contribution in [-0.4, -0.2) is 46.7 Å². The second-order valence-electron chi connectivity index (χ2n) is 11.4. The molecule has 4 atom stereocenters. The minimum atomic E-state index is -0.644. The Balaban J connectivity index is 1.32. The highest BCUT2D eigenvalue weighted by atomic mass is 32.2. The molecule has 4 bridgehead atoms. The average Bonchev–Trinajstić information content (AvgIpc) is 2.98. The van der Waals surface area contributed by atoms with Gasteiger partial charge in [0.15, 0.2) is 0 Å². The molecule has 6 aliphatic rings. The van der Waals surface area contributed by atoms with E-state index in [9.17, 15) is 14.4 Å². The van der Waals surface area contributed by atoms with Gasteiger partial charge in [-0.05, 0) is 99.9 Å². The number of thioether (sulfide) groups is 1. The summed E-state index contributed by atoms with van der Waals surface area (Å²) < 4.78 is 0. The number of hydrogen-bond acceptors (Lipinski definition) is 4. The third-order valence-corrected chi connectivity index (χ3v) is 10.1. The maximum Gasteiger partial charge on any atom is 0.243 e. The normalized spacial score (nSPS) is 40.7. The molecule has 0 radical (unpaired) electrons. The van der Waals surface area contributed by atoms with Crippen LogP contribution in [0.1, 0.15) is 77.6 Å². The molecule has 0 unspecified atom stereocenters. The molecule has 1 saturated heterocycles. The number of nitrogens with one attached hydrogen (secondary N) is 1. The van der Waals surface area contributed by atoms with Crippen molar-refractivity contribution in [2.24, 2.45) is 35.0 Å². The van der Waals surface area contributed by atoms with Crippen molar-refractivity contribution in [2.75, 3.05) is 12.0 Å². The maximum absolute atomic E-state index is 13.6. The fraction of sp³-hybridized carbons (Fsp3) is 0.880. The van der Waals surface area contributed by atoms with Crippen molar-refractivity contribution in [3.05, 3.63) is 0 Å². The summed E-state index contributed by atoms with van der Waals surface area (Å²) in [4.78, 5) is 41.3. The number of rotatable bonds is 7. The van der Waals surface area contributed by atoms with Gasteiger partial charge in [-0.15, -0.1) is 0 Å². The topological polar surface area (TPSA) is 66.5 Å². The van der Waals surface area contributed by atoms with Crippen molar-refractivity contribution in [1.29, 1.82) is 0 Å². The minimum absolute atomic E-state index is 0.0848. The molecule has 0 aromatic rings. The van der Waals surface area contributed by atoms with Crippen LogP contribution < -0.4 is 5.32 Å². The number of likely N-dealkylation sites (tertiary alicyclic amines) is 1. The number of hydrogen-bond donors (Lipinski definition) is 1. The molecule has 5 saturated carbocycles. The molecule has 5 nitrogen and oxygen atoms in total. The minimum Gasteiger partial charge on any atom is -0.351 e. The summed E-state index contributed by atoms with van der Waals surface area (Å²) in [6.07, 6.45) is 14.1. The largest absolute Gasteiger partial charge is 0.351 e. The molecule has 5 aliphatic carbocycles. The summed E-state index contributed by atoms with van der Waals surface area (Å²) in [7, 11) is 0. The number of fused-ring (bicyclic) bond motifs is 1. The summed E-state index contributed by atoms with van der Waals surface area (Å²) in [5.74, 6) is 2.64. The van der Waals surface area contributed by atoms with Crippen molar-refractivity contribution in [1.82, 2.24) is 10.2 Å². The molecule has 1 heterocycles. The van der Waals surface area contributed by atoms with Crippen LogP contribution in [0, 0.1) is 35.0 Å². The third-order valence-electron chi connectivity index (χ3n) is 9.45. The standard InChI is InChI=1S/C25H38N2O3S/c1-15(25-12-16-9-17(13-25)11-18(10-16)14-25)26-22(28)21(7-8-31-2)27-23(29)19-5-3-4-6-20(19)24(27)30/h15-21H,3-14H2,1-2H3,(H,26,28)/t15-,16?,17?,18?,19-,20-,21-,25?/m1/s1. The van der Waals surface area contributed by atoms with Crippen molar-refractivity contribution < 1.29 is 14.4 Å². The third kappa shape index (κ3) is 3.75. The molecule has 3 amide bonds. The van der Waals surface area contributed by atoms with Crippen LogP contribution >= 0.6 is 11.8 Å². The summed E-state index contributed by atoms with van der Waals surface area (Å²) >= 11 is 1.67. The molecule has 6 heteroatoms. The predicted octanol–water partition coefficient (Wildman–Crippen LogP) is 4.00. The van der Waals surface area contributed by atoms with Gasteiger partial charge < -0.3 is 5.32 Å². The summed E-state index contributed by atoms with van der Waals surface area (Å²) in [5.41, 5.74) is 0.224. The van der Waals surface area contributed by atoms with Gasteiger partial charge in [0.1, 0.15) is 6.04 Å². The van der Waals surface area contributed by atoms with E-state index in [0.29, 0.717) is 6.42 Å². The number of imide groups is 1. The van der Waals surface area contributed by atoms with Crippen LogP contribution in [-0.2, 0) is 14.4 Å². The summed E-state index contributed by atoms with van der Waals surface area (Å²) in [5, 5.41) is 3.35. The molecular formula is C25H38N2O3S. The van der Waals surface area contributed by atoms with Crippen molar-refractivity contribution in [3.8, 4) is 0 Å². The Labute approximate surface area is 190 Å². The first kappa shape index (κ1) is 21.8. The Hall–Kier alpha value is -1.04. The van der Waals surface area contributed by atoms with Crippen LogP contribution in [0.5, 0.6) is 0 Å². The molecule has 1 aliphatic heterocycles. The fourth-order valence-electron chi connectivity index (χ4n) is 8.27. The van der Waals surface area contributed by atoms with E-state index in [4.69, 9.17) is 0 Å². The lowest BCUT2D eigenvalue weighted by Crippen LogP contribution is -2.59. The first-order valence-corrected chi connectivity index (χ1v) is 14.0. The highest BCUT2D eigenvalue weighted by molar-refractivity contribution is 7.98. The van der Waals surface area contributed by atoms with E-state index in [2.05, 4.69) is 12.2 Å². The number of amides is 3. The van der Waals surface area contributed by atoms with Crippen LogP contribution in [0.15, 0.2) is 0 Å². The first-order chi connectivity index (χ1) is 14.9. The molecule has 31 heavy (non-hydrogen) atoms. The average molecular weight is 447 g/mol. The lowest BCUT2D eigenvalue weighted by Gasteiger charge is -2.59. The van der Waals surface area contributed by atoms with Gasteiger partial charge in [-0.3, -0.25) is 19.3 Å². The van der Waals surface area contributed by atoms with Gasteiger partial charge in [0.25, 0.3) is 0 Å². The Kier molecular flexibility index (Phi) is 5.89. The van der Waals surface area contributed by atoms with Gasteiger partial charge in [0.2, 0.25) is 17.7 Å². The lowest BCUT2D eigenvalue weighted by molar-refractivity contribution is -0.149. The zero-order valence-corrected chi connectivity index (χ0v) is 19.9. The fourth-order valence-corrected chi connectivity index (χ4v) is 8.73. The quantitative estimate of drug-likeness (QED) is 0.600. The molecule has 6 fully saturated rings. The summed E-state index contributed by atoms with van der Waals surface area (Å²) in [6, 6.07) is -0.533. The van der Waals surface area contributed by atoms with E-state index in [1.54, 1.807) is 11.8 Å². The molecule has 1 N–H and O–H groups in total. The van der Waals surface area contributed by atoms with Gasteiger partial charge in [-0.2, -0.15) is 11.8 Å². The maximum atomic E-state index is 13.6. The second kappa shape index (κ2) is 8.39. The Bertz CT molecular complexity index is 694. The molecule has 0 spiro atoms. The Morgan fingerprint density at radius 3 is 2.03 bits per heavy atom. The van der Waals surface area contributed by atoms with E-state index in [-0.39, 0.29) is 41.0 Å². The number of carbonyl (C=O) groups excluding carboxylic acids is 3. The van der Waals surface area contributed by atoms with Gasteiger partial charge in [0, 0.05) is 6.04 Å². The van der Waals surface area contributed by atoms with Gasteiger partial charge >= 0.3 is 0 Å². The van der Waals surface area contributed by atoms with Crippen LogP contribution in [0.4, 0.5) is 0 Å². The second-order valence-corrected chi connectivity index (χ2v) is 12.3. The van der Waals surface area contributed by atoms with E-state index < -0.39 is 6.04 Å². The van der Waals surface area contributed by atoms with Gasteiger partial charge in [-0.25, -0.2) is 0 Å². The summed E-state index contributed by atoms with van der Waals surface area (Å²) in [6.45, 7) is 2.18. The van der Waals surface area contributed by atoms with E-state index in [1.165, 1.54) is 43.4 Å². The van der Waals surface area contributed by atoms with Crippen LogP contribution in [0.25, 0.3) is 0 Å². The van der Waals surface area contributed by atoms with E-state index >= 15 is 0 Å². The van der Waals surface area contributed by atoms with E-state index in [1.807, 2.05) is 6.26 Å². The van der Waals surface area contributed by atoms with Crippen molar-refractivity contribution in [3.63, 3.8) is 0 Å². The van der Waals surface area contributed by atoms with Crippen LogP contribution in [0.2, 0.25) is 0 Å². The first-order valence-electron chi connectivity index (χ1n) is 12.6. The SMILES string of the molecule is CSCC[C@H](C(=O)N[C@H](C)C12CC3CC(CC(C3)C1)C2)N1C(=O)[C@@H]2CCCC[C@H]2C1=O. The van der Waals surface area contributed by atoms with Crippen LogP contribution in [0.3, 0.4) is 0 Å². The zero-order chi connectivity index (χ0) is 21.8. The lowest BCUT2D eigenvalue weighted by atomic mass is 9.48. The molecule has 0 aromatic heterocycles. The highest BCUT2D eigenvalue weighted by Crippen LogP contribution is 2.61. The van der Waals surface area contributed by atoms with Gasteiger partial charge in [0.05, 0.1) is 11.8 Å². The number of carbonyl (C=O) groups is 3. The Morgan fingerprint density at radius 2 is 1.55 bits per heavy atom. The van der Waals surface area contributed by atoms with Crippen molar-refractivity contribution in [2.45, 2.75) is 89.6 Å². The predicted molar refractivity (Wildman–Crippen MR) is 122 cm³/mol. The number of nitrogens with zero attached hydrogens (tertiary/aromatic N) is 1. The molecular weight excluding hydrogens is 408 g/mol. The monoisotopic (exact) mass is 446 g/mol. The molecule has 0 aromatic carbocycles. The highest BCUT2D eigenvalue weighted by Gasteiger charge is 2.55. The smallest absolute Gasteiger partial charge is 0.243 e.